The molecule has 106 valence electrons. The minimum Gasteiger partial charge on any atom is -0.465 e. The molecule has 1 aromatic carbocycles. The minimum absolute atomic E-state index is 0.132. The van der Waals surface area contributed by atoms with Gasteiger partial charge in [-0.2, -0.15) is 0 Å². The van der Waals surface area contributed by atoms with Gasteiger partial charge in [-0.3, -0.25) is 4.79 Å². The lowest BCUT2D eigenvalue weighted by molar-refractivity contribution is -0.142. The highest BCUT2D eigenvalue weighted by atomic mass is 79.9. The Labute approximate surface area is 121 Å². The van der Waals surface area contributed by atoms with Crippen LogP contribution in [0.5, 0.6) is 0 Å². The van der Waals surface area contributed by atoms with E-state index in [4.69, 9.17) is 4.74 Å². The zero-order chi connectivity index (χ0) is 14.5. The molecule has 1 aromatic rings. The van der Waals surface area contributed by atoms with Gasteiger partial charge in [0.2, 0.25) is 0 Å². The van der Waals surface area contributed by atoms with Gasteiger partial charge in [-0.05, 0) is 30.7 Å². The van der Waals surface area contributed by atoms with Gasteiger partial charge in [-0.1, -0.05) is 29.8 Å². The number of halogens is 2. The van der Waals surface area contributed by atoms with E-state index >= 15 is 0 Å². The molecule has 1 N–H and O–H groups in total. The molecular formula is C14H19BrFNO2. The second-order valence-corrected chi connectivity index (χ2v) is 5.83. The highest BCUT2D eigenvalue weighted by Crippen LogP contribution is 2.27. The van der Waals surface area contributed by atoms with Gasteiger partial charge in [0.05, 0.1) is 13.2 Å². The van der Waals surface area contributed by atoms with Crippen molar-refractivity contribution in [2.24, 2.45) is 0 Å². The summed E-state index contributed by atoms with van der Waals surface area (Å²) in [6.45, 7) is 6.60. The Morgan fingerprint density at radius 1 is 1.47 bits per heavy atom. The number of carbonyl (C=O) groups is 1. The van der Waals surface area contributed by atoms with Crippen molar-refractivity contribution in [3.8, 4) is 0 Å². The topological polar surface area (TPSA) is 38.3 Å². The summed E-state index contributed by atoms with van der Waals surface area (Å²) in [6.07, 6.45) is 0. The van der Waals surface area contributed by atoms with Crippen LogP contribution in [-0.4, -0.2) is 25.7 Å². The number of nitrogens with one attached hydrogen (secondary N) is 1. The first kappa shape index (κ1) is 16.1. The van der Waals surface area contributed by atoms with Crippen LogP contribution in [0.25, 0.3) is 0 Å². The van der Waals surface area contributed by atoms with E-state index < -0.39 is 5.41 Å². The van der Waals surface area contributed by atoms with Crippen molar-refractivity contribution >= 4 is 21.9 Å². The van der Waals surface area contributed by atoms with Crippen LogP contribution >= 0.6 is 15.9 Å². The third-order valence-electron chi connectivity index (χ3n) is 2.80. The van der Waals surface area contributed by atoms with Crippen LogP contribution in [-0.2, 0) is 14.9 Å². The van der Waals surface area contributed by atoms with E-state index in [9.17, 15) is 9.18 Å². The fraction of sp³-hybridized carbons (Fsp3) is 0.500. The summed E-state index contributed by atoms with van der Waals surface area (Å²) in [4.78, 5) is 11.2. The molecule has 0 bridgehead atoms. The smallest absolute Gasteiger partial charge is 0.319 e. The van der Waals surface area contributed by atoms with Crippen LogP contribution in [0.15, 0.2) is 22.7 Å². The van der Waals surface area contributed by atoms with Crippen molar-refractivity contribution in [1.82, 2.24) is 5.32 Å². The van der Waals surface area contributed by atoms with Crippen LogP contribution in [0.2, 0.25) is 0 Å². The molecule has 0 fully saturated rings. The Bertz CT molecular complexity index is 449. The van der Waals surface area contributed by atoms with Crippen molar-refractivity contribution in [3.05, 3.63) is 34.1 Å². The van der Waals surface area contributed by atoms with E-state index in [1.165, 1.54) is 6.07 Å². The largest absolute Gasteiger partial charge is 0.465 e. The molecule has 0 spiro atoms. The molecule has 0 saturated heterocycles. The number of hydrogen-bond acceptors (Lipinski definition) is 3. The summed E-state index contributed by atoms with van der Waals surface area (Å²) < 4.78 is 19.5. The number of carbonyl (C=O) groups excluding carboxylic acids is 1. The van der Waals surface area contributed by atoms with Gasteiger partial charge >= 0.3 is 5.97 Å². The molecule has 0 radical (unpaired) electrons. The lowest BCUT2D eigenvalue weighted by Gasteiger charge is -2.26. The summed E-state index contributed by atoms with van der Waals surface area (Å²) in [7, 11) is 0. The maximum absolute atomic E-state index is 13.8. The molecule has 0 aromatic heterocycles. The summed E-state index contributed by atoms with van der Waals surface area (Å²) >= 11 is 3.34. The number of rotatable bonds is 6. The Hall–Kier alpha value is -0.940. The van der Waals surface area contributed by atoms with Gasteiger partial charge in [0.25, 0.3) is 0 Å². The third-order valence-corrected chi connectivity index (χ3v) is 3.29. The van der Waals surface area contributed by atoms with E-state index in [-0.39, 0.29) is 18.3 Å². The van der Waals surface area contributed by atoms with Gasteiger partial charge in [-0.25, -0.2) is 4.39 Å². The molecule has 5 heteroatoms. The first-order valence-electron chi connectivity index (χ1n) is 6.18. The highest BCUT2D eigenvalue weighted by molar-refractivity contribution is 9.10. The Morgan fingerprint density at radius 2 is 2.16 bits per heavy atom. The van der Waals surface area contributed by atoms with Crippen LogP contribution < -0.4 is 5.32 Å². The fourth-order valence-electron chi connectivity index (χ4n) is 1.80. The van der Waals surface area contributed by atoms with Crippen LogP contribution in [0.1, 0.15) is 26.3 Å². The molecule has 0 aliphatic heterocycles. The fourth-order valence-corrected chi connectivity index (χ4v) is 2.16. The number of benzene rings is 1. The molecule has 0 amide bonds. The monoisotopic (exact) mass is 331 g/mol. The van der Waals surface area contributed by atoms with Gasteiger partial charge in [0.1, 0.15) is 5.82 Å². The minimum atomic E-state index is -0.416. The highest BCUT2D eigenvalue weighted by Gasteiger charge is 2.24. The molecule has 1 rings (SSSR count). The van der Waals surface area contributed by atoms with E-state index in [0.29, 0.717) is 18.7 Å². The van der Waals surface area contributed by atoms with Gasteiger partial charge in [-0.15, -0.1) is 0 Å². The van der Waals surface area contributed by atoms with Crippen molar-refractivity contribution in [3.63, 3.8) is 0 Å². The van der Waals surface area contributed by atoms with Crippen LogP contribution in [0.3, 0.4) is 0 Å². The van der Waals surface area contributed by atoms with Crippen molar-refractivity contribution < 1.29 is 13.9 Å². The molecule has 0 unspecified atom stereocenters. The molecule has 0 aliphatic carbocycles. The van der Waals surface area contributed by atoms with E-state index in [2.05, 4.69) is 21.2 Å². The molecule has 0 aliphatic rings. The first-order valence-corrected chi connectivity index (χ1v) is 6.98. The lowest BCUT2D eigenvalue weighted by atomic mass is 9.84. The summed E-state index contributed by atoms with van der Waals surface area (Å²) in [5.41, 5.74) is 0.193. The molecular weight excluding hydrogens is 313 g/mol. The van der Waals surface area contributed by atoms with Gasteiger partial charge in [0, 0.05) is 16.4 Å². The average Bonchev–Trinajstić information content (AvgIpc) is 2.32. The molecule has 3 nitrogen and oxygen atoms in total. The molecule has 0 heterocycles. The van der Waals surface area contributed by atoms with Gasteiger partial charge in [0.15, 0.2) is 0 Å². The van der Waals surface area contributed by atoms with Crippen molar-refractivity contribution in [2.75, 3.05) is 19.7 Å². The van der Waals surface area contributed by atoms with E-state index in [1.807, 2.05) is 13.8 Å². The zero-order valence-corrected chi connectivity index (χ0v) is 13.0. The predicted molar refractivity (Wildman–Crippen MR) is 76.6 cm³/mol. The second-order valence-electron chi connectivity index (χ2n) is 4.92. The first-order chi connectivity index (χ1) is 8.86. The normalized spacial score (nSPS) is 11.4. The SMILES string of the molecule is CCOC(=O)CNCC(C)(C)c1cc(Br)ccc1F. The van der Waals surface area contributed by atoms with Crippen molar-refractivity contribution in [1.29, 1.82) is 0 Å². The number of ether oxygens (including phenoxy) is 1. The quantitative estimate of drug-likeness (QED) is 0.814. The maximum atomic E-state index is 13.8. The van der Waals surface area contributed by atoms with E-state index in [0.717, 1.165) is 4.47 Å². The van der Waals surface area contributed by atoms with Crippen molar-refractivity contribution in [2.45, 2.75) is 26.2 Å². The molecule has 0 atom stereocenters. The second kappa shape index (κ2) is 7.01. The van der Waals surface area contributed by atoms with Gasteiger partial charge < -0.3 is 10.1 Å². The van der Waals surface area contributed by atoms with Crippen LogP contribution in [0, 0.1) is 5.82 Å². The summed E-state index contributed by atoms with van der Waals surface area (Å²) in [5.74, 6) is -0.542. The Kier molecular flexibility index (Phi) is 5.94. The molecule has 19 heavy (non-hydrogen) atoms. The Morgan fingerprint density at radius 3 is 2.79 bits per heavy atom. The summed E-state index contributed by atoms with van der Waals surface area (Å²) in [6, 6.07) is 4.87. The lowest BCUT2D eigenvalue weighted by Crippen LogP contribution is -2.37. The maximum Gasteiger partial charge on any atom is 0.319 e. The summed E-state index contributed by atoms with van der Waals surface area (Å²) in [5, 5.41) is 3.00. The standard InChI is InChI=1S/C14H19BrFNO2/c1-4-19-13(18)8-17-9-14(2,3)11-7-10(15)5-6-12(11)16/h5-7,17H,4,8-9H2,1-3H3. The third kappa shape index (κ3) is 4.91. The number of esters is 1. The van der Waals surface area contributed by atoms with Crippen LogP contribution in [0.4, 0.5) is 4.39 Å². The molecule has 0 saturated carbocycles. The zero-order valence-electron chi connectivity index (χ0n) is 11.4. The average molecular weight is 332 g/mol. The predicted octanol–water partition coefficient (Wildman–Crippen LogP) is 3.02. The Balaban J connectivity index is 2.65. The van der Waals surface area contributed by atoms with E-state index in [1.54, 1.807) is 19.1 Å². The number of hydrogen-bond donors (Lipinski definition) is 1.